The normalized spacial score (nSPS) is 25.8. The smallest absolute Gasteiger partial charge is 0.288 e. The Kier molecular flexibility index (Phi) is 1.48. The summed E-state index contributed by atoms with van der Waals surface area (Å²) >= 11 is 0. The van der Waals surface area contributed by atoms with Crippen LogP contribution in [0.4, 0.5) is 0 Å². The van der Waals surface area contributed by atoms with E-state index in [9.17, 15) is 4.79 Å². The number of nitrogens with one attached hydrogen (secondary N) is 1. The third kappa shape index (κ3) is 0.893. The molecule has 1 amide bonds. The van der Waals surface area contributed by atoms with Gasteiger partial charge in [-0.3, -0.25) is 10.5 Å². The van der Waals surface area contributed by atoms with E-state index in [1.54, 1.807) is 0 Å². The Morgan fingerprint density at radius 1 is 1.70 bits per heavy atom. The lowest BCUT2D eigenvalue weighted by Gasteiger charge is -2.27. The zero-order valence-electron chi connectivity index (χ0n) is 5.24. The molecule has 0 aliphatic carbocycles. The first-order chi connectivity index (χ1) is 4.63. The van der Waals surface area contributed by atoms with Crippen LogP contribution in [0.15, 0.2) is 11.9 Å². The Hall–Kier alpha value is -1.27. The zero-order valence-corrected chi connectivity index (χ0v) is 5.24. The minimum Gasteiger partial charge on any atom is -0.393 e. The van der Waals surface area contributed by atoms with Crippen molar-refractivity contribution < 1.29 is 4.79 Å². The van der Waals surface area contributed by atoms with Gasteiger partial charge in [0.05, 0.1) is 0 Å². The third-order valence-corrected chi connectivity index (χ3v) is 1.19. The van der Waals surface area contributed by atoms with E-state index in [1.807, 2.05) is 0 Å². The van der Waals surface area contributed by atoms with E-state index in [1.165, 1.54) is 6.20 Å². The molecule has 0 radical (unpaired) electrons. The summed E-state index contributed by atoms with van der Waals surface area (Å²) in [5.41, 5.74) is 10.6. The van der Waals surface area contributed by atoms with Crippen LogP contribution in [0, 0.1) is 0 Å². The molecule has 0 saturated carbocycles. The van der Waals surface area contributed by atoms with Gasteiger partial charge in [0.15, 0.2) is 6.29 Å². The van der Waals surface area contributed by atoms with Crippen molar-refractivity contribution in [2.24, 2.45) is 17.3 Å². The summed E-state index contributed by atoms with van der Waals surface area (Å²) in [6.07, 6.45) is 0.649. The van der Waals surface area contributed by atoms with Gasteiger partial charge in [-0.25, -0.2) is 10.9 Å². The topological polar surface area (TPSA) is 110 Å². The van der Waals surface area contributed by atoms with Gasteiger partial charge in [-0.2, -0.15) is 0 Å². The molecule has 1 aliphatic rings. The van der Waals surface area contributed by atoms with Crippen molar-refractivity contribution in [3.63, 3.8) is 0 Å². The third-order valence-electron chi connectivity index (χ3n) is 1.19. The number of nitrogens with zero attached hydrogens (tertiary/aromatic N) is 1. The highest BCUT2D eigenvalue weighted by atomic mass is 16.2. The summed E-state index contributed by atoms with van der Waals surface area (Å²) in [4.78, 5) is 10.8. The molecular weight excluding hydrogens is 134 g/mol. The van der Waals surface area contributed by atoms with Crippen LogP contribution >= 0.6 is 0 Å². The Morgan fingerprint density at radius 2 is 2.30 bits per heavy atom. The molecule has 56 valence electrons. The lowest BCUT2D eigenvalue weighted by Crippen LogP contribution is -2.60. The highest BCUT2D eigenvalue weighted by Crippen LogP contribution is 1.96. The van der Waals surface area contributed by atoms with Crippen LogP contribution in [0.5, 0.6) is 0 Å². The van der Waals surface area contributed by atoms with Gasteiger partial charge in [0.2, 0.25) is 0 Å². The van der Waals surface area contributed by atoms with Crippen LogP contribution in [0.2, 0.25) is 0 Å². The molecule has 0 aromatic carbocycles. The number of carbonyl (C=O) groups excluding carboxylic acids is 1. The van der Waals surface area contributed by atoms with E-state index in [4.69, 9.17) is 17.3 Å². The molecule has 1 atom stereocenters. The molecule has 6 heteroatoms. The summed E-state index contributed by atoms with van der Waals surface area (Å²) in [7, 11) is 0. The number of nitrogens with two attached hydrogens (primary N) is 3. The van der Waals surface area contributed by atoms with Crippen molar-refractivity contribution in [2.45, 2.75) is 6.29 Å². The van der Waals surface area contributed by atoms with E-state index >= 15 is 0 Å². The predicted molar refractivity (Wildman–Crippen MR) is 34.4 cm³/mol. The van der Waals surface area contributed by atoms with Crippen molar-refractivity contribution in [1.82, 2.24) is 10.3 Å². The highest BCUT2D eigenvalue weighted by molar-refractivity contribution is 5.92. The molecule has 0 bridgehead atoms. The molecule has 1 heterocycles. The highest BCUT2D eigenvalue weighted by Gasteiger charge is 2.22. The first-order valence-corrected chi connectivity index (χ1v) is 2.68. The molecule has 0 saturated heterocycles. The second-order valence-electron chi connectivity index (χ2n) is 1.92. The van der Waals surface area contributed by atoms with E-state index in [0.717, 1.165) is 5.01 Å². The Bertz CT molecular complexity index is 188. The quantitative estimate of drug-likeness (QED) is 0.218. The monoisotopic (exact) mass is 143 g/mol. The Labute approximate surface area is 57.6 Å². The number of amides is 1. The number of rotatable bonds is 0. The fourth-order valence-corrected chi connectivity index (χ4v) is 0.593. The van der Waals surface area contributed by atoms with Gasteiger partial charge in [-0.1, -0.05) is 0 Å². The van der Waals surface area contributed by atoms with Crippen LogP contribution in [-0.2, 0) is 4.79 Å². The second kappa shape index (κ2) is 2.16. The number of hydrazine groups is 1. The van der Waals surface area contributed by atoms with Gasteiger partial charge in [-0.05, 0) is 0 Å². The van der Waals surface area contributed by atoms with E-state index in [-0.39, 0.29) is 5.70 Å². The molecule has 1 unspecified atom stereocenters. The van der Waals surface area contributed by atoms with E-state index < -0.39 is 12.2 Å². The predicted octanol–water partition coefficient (Wildman–Crippen LogP) is -2.67. The maximum atomic E-state index is 10.8. The first kappa shape index (κ1) is 6.84. The summed E-state index contributed by atoms with van der Waals surface area (Å²) in [6, 6.07) is 0. The average Bonchev–Trinajstić information content (AvgIpc) is 1.93. The maximum Gasteiger partial charge on any atom is 0.288 e. The van der Waals surface area contributed by atoms with Crippen molar-refractivity contribution in [1.29, 1.82) is 0 Å². The minimum atomic E-state index is -0.681. The molecule has 0 fully saturated rings. The summed E-state index contributed by atoms with van der Waals surface area (Å²) in [5, 5.41) is 3.41. The lowest BCUT2D eigenvalue weighted by molar-refractivity contribution is -0.131. The first-order valence-electron chi connectivity index (χ1n) is 2.68. The fourth-order valence-electron chi connectivity index (χ4n) is 0.593. The Balaban J connectivity index is 2.81. The van der Waals surface area contributed by atoms with Crippen molar-refractivity contribution in [3.05, 3.63) is 11.9 Å². The van der Waals surface area contributed by atoms with Crippen molar-refractivity contribution >= 4 is 5.91 Å². The van der Waals surface area contributed by atoms with Gasteiger partial charge in [0.1, 0.15) is 5.70 Å². The zero-order chi connectivity index (χ0) is 7.72. The van der Waals surface area contributed by atoms with Crippen LogP contribution in [0.3, 0.4) is 0 Å². The van der Waals surface area contributed by atoms with Crippen molar-refractivity contribution in [3.8, 4) is 0 Å². The standard InChI is InChI=1S/C4H9N5O/c5-2-1-8-4(6)9(7)3(2)10/h1,4,8H,5-7H2. The second-order valence-corrected chi connectivity index (χ2v) is 1.92. The molecule has 7 N–H and O–H groups in total. The lowest BCUT2D eigenvalue weighted by atomic mass is 10.4. The molecule has 6 nitrogen and oxygen atoms in total. The van der Waals surface area contributed by atoms with Gasteiger partial charge in [0, 0.05) is 6.20 Å². The van der Waals surface area contributed by atoms with Gasteiger partial charge in [-0.15, -0.1) is 0 Å². The molecule has 1 rings (SSSR count). The molecule has 10 heavy (non-hydrogen) atoms. The number of hydrogen-bond acceptors (Lipinski definition) is 5. The number of carbonyl (C=O) groups is 1. The summed E-state index contributed by atoms with van der Waals surface area (Å²) < 4.78 is 0. The van der Waals surface area contributed by atoms with Gasteiger partial charge >= 0.3 is 0 Å². The molecule has 0 spiro atoms. The Morgan fingerprint density at radius 3 is 2.80 bits per heavy atom. The maximum absolute atomic E-state index is 10.8. The van der Waals surface area contributed by atoms with E-state index in [2.05, 4.69) is 5.32 Å². The molecular formula is C4H9N5O. The molecule has 0 aromatic heterocycles. The fraction of sp³-hybridized carbons (Fsp3) is 0.250. The van der Waals surface area contributed by atoms with Crippen LogP contribution < -0.4 is 22.6 Å². The van der Waals surface area contributed by atoms with Crippen LogP contribution in [-0.4, -0.2) is 17.2 Å². The van der Waals surface area contributed by atoms with Crippen LogP contribution in [0.1, 0.15) is 0 Å². The van der Waals surface area contributed by atoms with Gasteiger partial charge in [0.25, 0.3) is 5.91 Å². The van der Waals surface area contributed by atoms with Crippen LogP contribution in [0.25, 0.3) is 0 Å². The summed E-state index contributed by atoms with van der Waals surface area (Å²) in [5.74, 6) is 4.72. The van der Waals surface area contributed by atoms with Crippen molar-refractivity contribution in [2.75, 3.05) is 0 Å². The average molecular weight is 143 g/mol. The summed E-state index contributed by atoms with van der Waals surface area (Å²) in [6.45, 7) is 0. The van der Waals surface area contributed by atoms with Gasteiger partial charge < -0.3 is 11.1 Å². The molecule has 1 aliphatic heterocycles. The largest absolute Gasteiger partial charge is 0.393 e. The number of hydrogen-bond donors (Lipinski definition) is 4. The SMILES string of the molecule is NC1=CNC(N)N(N)C1=O. The molecule has 0 aromatic rings. The van der Waals surface area contributed by atoms with E-state index in [0.29, 0.717) is 0 Å². The minimum absolute atomic E-state index is 0.0594.